The molecular weight excluding hydrogens is 192 g/mol. The molecule has 0 aliphatic carbocycles. The molecule has 1 aromatic rings. The van der Waals surface area contributed by atoms with Gasteiger partial charge in [-0.2, -0.15) is 11.8 Å². The summed E-state index contributed by atoms with van der Waals surface area (Å²) in [6, 6.07) is 4.12. The van der Waals surface area contributed by atoms with Gasteiger partial charge >= 0.3 is 0 Å². The van der Waals surface area contributed by atoms with Gasteiger partial charge in [0.2, 0.25) is 0 Å². The zero-order valence-corrected chi connectivity index (χ0v) is 8.13. The fourth-order valence-electron chi connectivity index (χ4n) is 0.928. The lowest BCUT2D eigenvalue weighted by atomic mass is 10.3. The van der Waals surface area contributed by atoms with Crippen molar-refractivity contribution in [1.82, 2.24) is 0 Å². The Bertz CT molecular complexity index is 278. The van der Waals surface area contributed by atoms with E-state index in [9.17, 15) is 8.78 Å². The molecule has 1 nitrogen and oxygen atoms in total. The molecule has 0 atom stereocenters. The third-order valence-electron chi connectivity index (χ3n) is 1.57. The predicted molar refractivity (Wildman–Crippen MR) is 53.2 cm³/mol. The van der Waals surface area contributed by atoms with Gasteiger partial charge in [0.05, 0.1) is 5.69 Å². The van der Waals surface area contributed by atoms with Gasteiger partial charge in [-0.25, -0.2) is 8.78 Å². The van der Waals surface area contributed by atoms with Crippen LogP contribution in [0.3, 0.4) is 0 Å². The van der Waals surface area contributed by atoms with Crippen LogP contribution in [0.4, 0.5) is 14.5 Å². The van der Waals surface area contributed by atoms with E-state index >= 15 is 0 Å². The first kappa shape index (κ1) is 10.3. The maximum absolute atomic E-state index is 13.0. The molecule has 0 saturated heterocycles. The first-order chi connectivity index (χ1) is 6.25. The predicted octanol–water partition coefficient (Wildman–Crippen LogP) is 2.74. The summed E-state index contributed by atoms with van der Waals surface area (Å²) in [5.41, 5.74) is 0.231. The minimum atomic E-state index is -0.811. The molecule has 0 heterocycles. The Kier molecular flexibility index (Phi) is 4.02. The highest BCUT2D eigenvalue weighted by Gasteiger charge is 2.05. The molecule has 0 aliphatic rings. The summed E-state index contributed by atoms with van der Waals surface area (Å²) in [5, 5.41) is 2.82. The summed E-state index contributed by atoms with van der Waals surface area (Å²) < 4.78 is 25.7. The molecule has 0 unspecified atom stereocenters. The summed E-state index contributed by atoms with van der Waals surface area (Å²) in [6.45, 7) is 0.640. The Morgan fingerprint density at radius 3 is 2.85 bits per heavy atom. The molecule has 0 saturated carbocycles. The highest BCUT2D eigenvalue weighted by molar-refractivity contribution is 7.98. The van der Waals surface area contributed by atoms with Gasteiger partial charge in [0.25, 0.3) is 0 Å². The second kappa shape index (κ2) is 5.07. The number of nitrogens with one attached hydrogen (secondary N) is 1. The lowest BCUT2D eigenvalue weighted by Crippen LogP contribution is -2.06. The fraction of sp³-hybridized carbons (Fsp3) is 0.333. The average Bonchev–Trinajstić information content (AvgIpc) is 2.13. The van der Waals surface area contributed by atoms with Gasteiger partial charge in [-0.1, -0.05) is 6.07 Å². The third kappa shape index (κ3) is 2.88. The lowest BCUT2D eigenvalue weighted by molar-refractivity contribution is 0.511. The molecule has 1 N–H and O–H groups in total. The SMILES string of the molecule is CSCCNc1cccc(F)c1F. The van der Waals surface area contributed by atoms with Crippen molar-refractivity contribution in [2.45, 2.75) is 0 Å². The number of benzene rings is 1. The van der Waals surface area contributed by atoms with Crippen molar-refractivity contribution < 1.29 is 8.78 Å². The van der Waals surface area contributed by atoms with Gasteiger partial charge in [-0.05, 0) is 18.4 Å². The first-order valence-electron chi connectivity index (χ1n) is 3.92. The van der Waals surface area contributed by atoms with Crippen LogP contribution in [0.5, 0.6) is 0 Å². The van der Waals surface area contributed by atoms with Crippen LogP contribution in [0.1, 0.15) is 0 Å². The monoisotopic (exact) mass is 203 g/mol. The maximum Gasteiger partial charge on any atom is 0.181 e. The molecule has 0 fully saturated rings. The Balaban J connectivity index is 2.61. The van der Waals surface area contributed by atoms with Crippen LogP contribution in [0.15, 0.2) is 18.2 Å². The van der Waals surface area contributed by atoms with E-state index < -0.39 is 11.6 Å². The molecular formula is C9H11F2NS. The van der Waals surface area contributed by atoms with E-state index in [-0.39, 0.29) is 5.69 Å². The van der Waals surface area contributed by atoms with Crippen LogP contribution in [0, 0.1) is 11.6 Å². The van der Waals surface area contributed by atoms with Gasteiger partial charge < -0.3 is 5.32 Å². The quantitative estimate of drug-likeness (QED) is 0.755. The molecule has 72 valence electrons. The number of hydrogen-bond acceptors (Lipinski definition) is 2. The Labute approximate surface area is 80.5 Å². The Morgan fingerprint density at radius 1 is 1.38 bits per heavy atom. The van der Waals surface area contributed by atoms with Crippen molar-refractivity contribution in [3.05, 3.63) is 29.8 Å². The van der Waals surface area contributed by atoms with E-state index in [4.69, 9.17) is 0 Å². The van der Waals surface area contributed by atoms with Gasteiger partial charge in [0, 0.05) is 12.3 Å². The second-order valence-electron chi connectivity index (χ2n) is 2.52. The van der Waals surface area contributed by atoms with E-state index in [1.165, 1.54) is 12.1 Å². The van der Waals surface area contributed by atoms with Crippen molar-refractivity contribution >= 4 is 17.4 Å². The smallest absolute Gasteiger partial charge is 0.181 e. The van der Waals surface area contributed by atoms with Crippen LogP contribution >= 0.6 is 11.8 Å². The molecule has 0 radical (unpaired) electrons. The Morgan fingerprint density at radius 2 is 2.15 bits per heavy atom. The maximum atomic E-state index is 13.0. The van der Waals surface area contributed by atoms with E-state index in [1.54, 1.807) is 11.8 Å². The van der Waals surface area contributed by atoms with Crippen LogP contribution in [0.25, 0.3) is 0 Å². The van der Waals surface area contributed by atoms with Gasteiger partial charge in [-0.3, -0.25) is 0 Å². The summed E-state index contributed by atoms with van der Waals surface area (Å²) in [6.07, 6.45) is 1.96. The largest absolute Gasteiger partial charge is 0.382 e. The molecule has 0 bridgehead atoms. The van der Waals surface area contributed by atoms with Crippen molar-refractivity contribution in [3.8, 4) is 0 Å². The number of anilines is 1. The number of thioether (sulfide) groups is 1. The molecule has 1 aromatic carbocycles. The van der Waals surface area contributed by atoms with Crippen LogP contribution in [-0.2, 0) is 0 Å². The zero-order valence-electron chi connectivity index (χ0n) is 7.31. The molecule has 0 aromatic heterocycles. The van der Waals surface area contributed by atoms with Gasteiger partial charge in [0.1, 0.15) is 0 Å². The molecule has 0 spiro atoms. The molecule has 13 heavy (non-hydrogen) atoms. The van der Waals surface area contributed by atoms with Crippen LogP contribution < -0.4 is 5.32 Å². The van der Waals surface area contributed by atoms with Crippen molar-refractivity contribution in [2.24, 2.45) is 0 Å². The fourth-order valence-corrected chi connectivity index (χ4v) is 1.23. The lowest BCUT2D eigenvalue weighted by Gasteiger charge is -2.06. The van der Waals surface area contributed by atoms with E-state index in [0.717, 1.165) is 11.8 Å². The summed E-state index contributed by atoms with van der Waals surface area (Å²) in [5.74, 6) is -0.742. The van der Waals surface area contributed by atoms with Crippen molar-refractivity contribution in [3.63, 3.8) is 0 Å². The minimum absolute atomic E-state index is 0.231. The van der Waals surface area contributed by atoms with E-state index in [1.807, 2.05) is 6.26 Å². The molecule has 0 aliphatic heterocycles. The van der Waals surface area contributed by atoms with Crippen molar-refractivity contribution in [2.75, 3.05) is 23.9 Å². The topological polar surface area (TPSA) is 12.0 Å². The summed E-state index contributed by atoms with van der Waals surface area (Å²) >= 11 is 1.65. The number of hydrogen-bond donors (Lipinski definition) is 1. The summed E-state index contributed by atoms with van der Waals surface area (Å²) in [7, 11) is 0. The van der Waals surface area contributed by atoms with Gasteiger partial charge in [-0.15, -0.1) is 0 Å². The van der Waals surface area contributed by atoms with Crippen LogP contribution in [0.2, 0.25) is 0 Å². The summed E-state index contributed by atoms with van der Waals surface area (Å²) in [4.78, 5) is 0. The van der Waals surface area contributed by atoms with Crippen molar-refractivity contribution in [1.29, 1.82) is 0 Å². The standard InChI is InChI=1S/C9H11F2NS/c1-13-6-5-12-8-4-2-3-7(10)9(8)11/h2-4,12H,5-6H2,1H3. The van der Waals surface area contributed by atoms with Gasteiger partial charge in [0.15, 0.2) is 11.6 Å². The minimum Gasteiger partial charge on any atom is -0.382 e. The number of rotatable bonds is 4. The van der Waals surface area contributed by atoms with E-state index in [2.05, 4.69) is 5.32 Å². The first-order valence-corrected chi connectivity index (χ1v) is 5.32. The third-order valence-corrected chi connectivity index (χ3v) is 2.19. The zero-order chi connectivity index (χ0) is 9.68. The second-order valence-corrected chi connectivity index (χ2v) is 3.51. The Hall–Kier alpha value is -0.770. The molecule has 0 amide bonds. The normalized spacial score (nSPS) is 10.1. The highest BCUT2D eigenvalue weighted by Crippen LogP contribution is 2.16. The average molecular weight is 203 g/mol. The number of halogens is 2. The molecule has 4 heteroatoms. The highest BCUT2D eigenvalue weighted by atomic mass is 32.2. The van der Waals surface area contributed by atoms with Crippen LogP contribution in [-0.4, -0.2) is 18.6 Å². The molecule has 1 rings (SSSR count). The van der Waals surface area contributed by atoms with E-state index in [0.29, 0.717) is 6.54 Å².